The number of unbranched alkanes of at least 4 members (excludes halogenated alkanes) is 3. The van der Waals surface area contributed by atoms with Crippen LogP contribution in [0.15, 0.2) is 49.3 Å². The largest absolute Gasteiger partial charge is 0.490 e. The Morgan fingerprint density at radius 3 is 1.92 bits per heavy atom. The summed E-state index contributed by atoms with van der Waals surface area (Å²) in [5, 5.41) is 17.1. The lowest BCUT2D eigenvalue weighted by Crippen LogP contribution is -2.53. The van der Waals surface area contributed by atoms with Crippen molar-refractivity contribution in [3.8, 4) is 22.9 Å². The summed E-state index contributed by atoms with van der Waals surface area (Å²) in [6.07, 6.45) is 23.4. The Kier molecular flexibility index (Phi) is 14.1. The maximum absolute atomic E-state index is 11.4. The Morgan fingerprint density at radius 2 is 1.40 bits per heavy atom. The molecule has 1 unspecified atom stereocenters. The van der Waals surface area contributed by atoms with Crippen LogP contribution in [0.5, 0.6) is 11.5 Å². The van der Waals surface area contributed by atoms with Crippen LogP contribution in [-0.4, -0.2) is 101 Å². The summed E-state index contributed by atoms with van der Waals surface area (Å²) in [7, 11) is 2.13. The molecule has 0 saturated carbocycles. The number of carbonyl (C=O) groups is 1. The van der Waals surface area contributed by atoms with Gasteiger partial charge in [0.25, 0.3) is 0 Å². The Bertz CT molecular complexity index is 1690. The number of ether oxygens (including phenoxy) is 2. The van der Waals surface area contributed by atoms with Crippen molar-refractivity contribution in [2.75, 3.05) is 33.4 Å². The Labute approximate surface area is 309 Å². The molecule has 0 aromatic carbocycles. The lowest BCUT2D eigenvalue weighted by Gasteiger charge is -2.39. The quantitative estimate of drug-likeness (QED) is 0.109. The summed E-state index contributed by atoms with van der Waals surface area (Å²) in [6.45, 7) is 13.8. The fraction of sp³-hybridized carbons (Fsp3) is 0.615. The molecule has 6 rings (SSSR count). The molecule has 2 aliphatic rings. The van der Waals surface area contributed by atoms with Crippen LogP contribution < -0.4 is 9.47 Å². The van der Waals surface area contributed by atoms with Crippen molar-refractivity contribution < 1.29 is 14.3 Å². The second-order valence-electron chi connectivity index (χ2n) is 14.7. The van der Waals surface area contributed by atoms with E-state index in [1.54, 1.807) is 41.1 Å². The first-order valence-electron chi connectivity index (χ1n) is 19.2. The first kappa shape index (κ1) is 38.8. The van der Waals surface area contributed by atoms with Gasteiger partial charge in [0.2, 0.25) is 5.91 Å². The maximum Gasteiger partial charge on any atom is 0.219 e. The zero-order valence-corrected chi connectivity index (χ0v) is 32.1. The van der Waals surface area contributed by atoms with Gasteiger partial charge in [-0.3, -0.25) is 19.7 Å². The van der Waals surface area contributed by atoms with Crippen LogP contribution in [0.1, 0.15) is 104 Å². The second kappa shape index (κ2) is 18.9. The van der Waals surface area contributed by atoms with Gasteiger partial charge in [0.05, 0.1) is 66.0 Å². The molecule has 2 saturated heterocycles. The van der Waals surface area contributed by atoms with E-state index >= 15 is 0 Å². The number of amides is 1. The molecule has 4 aromatic rings. The van der Waals surface area contributed by atoms with Gasteiger partial charge in [0.15, 0.2) is 0 Å². The average Bonchev–Trinajstić information content (AvgIpc) is 3.80. The SMILES string of the molecule is CCCCC(C)(CC)Cc1cn(-c2cncc(OC[C@@H]3CCN3C)c2)nn1.CCCCCc1cn(-c2cncc(OC[C@@H]3CCN3C(C)=O)c2)nn1. The summed E-state index contributed by atoms with van der Waals surface area (Å²) in [4.78, 5) is 24.1. The summed E-state index contributed by atoms with van der Waals surface area (Å²) in [5.41, 5.74) is 4.03. The van der Waals surface area contributed by atoms with Crippen molar-refractivity contribution in [3.05, 3.63) is 60.7 Å². The smallest absolute Gasteiger partial charge is 0.219 e. The van der Waals surface area contributed by atoms with E-state index in [2.05, 4.69) is 70.2 Å². The van der Waals surface area contributed by atoms with Gasteiger partial charge in [-0.25, -0.2) is 9.36 Å². The van der Waals surface area contributed by atoms with Crippen LogP contribution in [0.25, 0.3) is 11.4 Å². The molecule has 0 N–H and O–H groups in total. The van der Waals surface area contributed by atoms with E-state index in [0.29, 0.717) is 25.0 Å². The standard InChI is InChI=1S/C21H33N5O.C18H25N5O2/c1-5-7-9-21(3,6-2)12-17-15-26(24-23-17)19-11-20(14-22-13-19)27-16-18-8-10-25(18)4;1-3-4-5-6-15-12-23(21-20-15)17-9-18(11-19-10-17)25-13-16-7-8-22(16)14(2)24/h11,13-15,18H,5-10,12,16H2,1-4H3;9-12,16H,3-8,13H2,1-2H3/t18-,21?;16-/m00/s1. The number of nitrogens with zero attached hydrogens (tertiary/aromatic N) is 10. The molecule has 13 nitrogen and oxygen atoms in total. The molecule has 0 spiro atoms. The van der Waals surface area contributed by atoms with Crippen LogP contribution in [-0.2, 0) is 17.6 Å². The zero-order valence-electron chi connectivity index (χ0n) is 32.1. The first-order valence-corrected chi connectivity index (χ1v) is 19.2. The zero-order chi connectivity index (χ0) is 36.9. The number of rotatable bonds is 18. The van der Waals surface area contributed by atoms with Crippen molar-refractivity contribution in [1.29, 1.82) is 0 Å². The minimum absolute atomic E-state index is 0.102. The third kappa shape index (κ3) is 10.8. The fourth-order valence-corrected chi connectivity index (χ4v) is 6.45. The van der Waals surface area contributed by atoms with Gasteiger partial charge in [-0.15, -0.1) is 10.2 Å². The molecule has 0 aliphatic carbocycles. The maximum atomic E-state index is 11.4. The second-order valence-corrected chi connectivity index (χ2v) is 14.7. The van der Waals surface area contributed by atoms with E-state index in [-0.39, 0.29) is 17.4 Å². The number of hydrogen-bond donors (Lipinski definition) is 0. The van der Waals surface area contributed by atoms with Crippen LogP contribution in [0.3, 0.4) is 0 Å². The van der Waals surface area contributed by atoms with Gasteiger partial charge in [-0.05, 0) is 57.5 Å². The molecule has 1 amide bonds. The topological polar surface area (TPSA) is 129 Å². The highest BCUT2D eigenvalue weighted by atomic mass is 16.5. The monoisotopic (exact) mass is 714 g/mol. The van der Waals surface area contributed by atoms with E-state index < -0.39 is 0 Å². The van der Waals surface area contributed by atoms with Crippen molar-refractivity contribution in [2.24, 2.45) is 5.41 Å². The minimum atomic E-state index is 0.102. The molecular formula is C39H58N10O3. The highest BCUT2D eigenvalue weighted by Crippen LogP contribution is 2.32. The Morgan fingerprint density at radius 1 is 0.808 bits per heavy atom. The lowest BCUT2D eigenvalue weighted by atomic mass is 9.78. The molecule has 0 bridgehead atoms. The average molecular weight is 715 g/mol. The molecular weight excluding hydrogens is 656 g/mol. The molecule has 0 radical (unpaired) electrons. The van der Waals surface area contributed by atoms with Gasteiger partial charge in [0, 0.05) is 31.6 Å². The van der Waals surface area contributed by atoms with Gasteiger partial charge in [0.1, 0.15) is 24.7 Å². The predicted octanol–water partition coefficient (Wildman–Crippen LogP) is 6.29. The van der Waals surface area contributed by atoms with E-state index in [0.717, 1.165) is 73.7 Å². The Balaban J connectivity index is 0.000000202. The van der Waals surface area contributed by atoms with Crippen molar-refractivity contribution in [1.82, 2.24) is 49.8 Å². The van der Waals surface area contributed by atoms with E-state index in [4.69, 9.17) is 9.47 Å². The van der Waals surface area contributed by atoms with Gasteiger partial charge >= 0.3 is 0 Å². The molecule has 52 heavy (non-hydrogen) atoms. The number of pyridine rings is 2. The van der Waals surface area contributed by atoms with Crippen molar-refractivity contribution >= 4 is 5.91 Å². The third-order valence-electron chi connectivity index (χ3n) is 10.5. The molecule has 6 heterocycles. The fourth-order valence-electron chi connectivity index (χ4n) is 6.45. The van der Waals surface area contributed by atoms with E-state index in [1.807, 2.05) is 29.4 Å². The highest BCUT2D eigenvalue weighted by Gasteiger charge is 2.30. The van der Waals surface area contributed by atoms with Gasteiger partial charge < -0.3 is 14.4 Å². The van der Waals surface area contributed by atoms with Gasteiger partial charge in [-0.1, -0.05) is 70.2 Å². The van der Waals surface area contributed by atoms with Crippen LogP contribution in [0.2, 0.25) is 0 Å². The molecule has 2 aliphatic heterocycles. The third-order valence-corrected chi connectivity index (χ3v) is 10.5. The minimum Gasteiger partial charge on any atom is -0.490 e. The summed E-state index contributed by atoms with van der Waals surface area (Å²) in [6, 6.07) is 4.56. The molecule has 3 atom stereocenters. The predicted molar refractivity (Wildman–Crippen MR) is 201 cm³/mol. The summed E-state index contributed by atoms with van der Waals surface area (Å²) in [5.74, 6) is 1.56. The lowest BCUT2D eigenvalue weighted by molar-refractivity contribution is -0.137. The number of aromatic nitrogens is 8. The highest BCUT2D eigenvalue weighted by molar-refractivity contribution is 5.74. The number of likely N-dealkylation sites (N-methyl/N-ethyl adjacent to an activating group) is 1. The van der Waals surface area contributed by atoms with Crippen molar-refractivity contribution in [2.45, 2.75) is 117 Å². The van der Waals surface area contributed by atoms with Crippen LogP contribution >= 0.6 is 0 Å². The molecule has 2 fully saturated rings. The summed E-state index contributed by atoms with van der Waals surface area (Å²) >= 11 is 0. The Hall–Kier alpha value is -4.39. The van der Waals surface area contributed by atoms with Crippen LogP contribution in [0.4, 0.5) is 0 Å². The van der Waals surface area contributed by atoms with Gasteiger partial charge in [-0.2, -0.15) is 0 Å². The van der Waals surface area contributed by atoms with E-state index in [9.17, 15) is 4.79 Å². The number of carbonyl (C=O) groups excluding carboxylic acids is 1. The van der Waals surface area contributed by atoms with Crippen molar-refractivity contribution in [3.63, 3.8) is 0 Å². The molecule has 13 heteroatoms. The number of likely N-dealkylation sites (tertiary alicyclic amines) is 2. The molecule has 282 valence electrons. The normalized spacial score (nSPS) is 18.1. The number of hydrogen-bond acceptors (Lipinski definition) is 10. The van der Waals surface area contributed by atoms with Crippen LogP contribution in [0, 0.1) is 5.41 Å². The summed E-state index contributed by atoms with van der Waals surface area (Å²) < 4.78 is 15.3. The van der Waals surface area contributed by atoms with E-state index in [1.165, 1.54) is 38.5 Å². The molecule has 4 aromatic heterocycles. The number of aryl methyl sites for hydroxylation is 1. The first-order chi connectivity index (χ1) is 25.2.